The molecule has 29 heteroatoms. The third kappa shape index (κ3) is 21.2. The highest BCUT2D eigenvalue weighted by Crippen LogP contribution is 2.34. The van der Waals surface area contributed by atoms with Crippen molar-refractivity contribution in [2.45, 2.75) is 168 Å². The quantitative estimate of drug-likeness (QED) is 0.0104. The zero-order valence-electron chi connectivity index (χ0n) is 38.1. The number of primary amides is 2. The SMILES string of the molecule is NCCCC(N)CC(=O)NCCCC(N)CC(=O)NCCCC(N)CC(=O)NCCCC(N)CC(=O)OC1C(OC(N)=O)C(O)C(O)C(OC2OC(CO)C(O)C(N=C(N)N)C2O)C1OC(N)=O. The Labute approximate surface area is 393 Å². The van der Waals surface area contributed by atoms with Gasteiger partial charge in [0.1, 0.15) is 42.7 Å². The van der Waals surface area contributed by atoms with Gasteiger partial charge in [0.05, 0.1) is 13.0 Å². The molecule has 1 saturated heterocycles. The van der Waals surface area contributed by atoms with E-state index in [1.807, 2.05) is 0 Å². The van der Waals surface area contributed by atoms with E-state index in [0.717, 1.165) is 6.42 Å². The van der Waals surface area contributed by atoms with Gasteiger partial charge in [-0.2, -0.15) is 0 Å². The summed E-state index contributed by atoms with van der Waals surface area (Å²) < 4.78 is 26.7. The number of carbonyl (C=O) groups excluding carboxylic acids is 6. The first-order valence-electron chi connectivity index (χ1n) is 22.4. The molecule has 1 saturated carbocycles. The molecule has 0 aromatic rings. The number of nitrogens with two attached hydrogens (primary N) is 9. The highest BCUT2D eigenvalue weighted by atomic mass is 16.7. The smallest absolute Gasteiger partial charge is 0.405 e. The number of esters is 1. The second-order valence-corrected chi connectivity index (χ2v) is 16.9. The predicted molar refractivity (Wildman–Crippen MR) is 238 cm³/mol. The molecule has 392 valence electrons. The van der Waals surface area contributed by atoms with Crippen molar-refractivity contribution in [1.82, 2.24) is 16.0 Å². The Morgan fingerprint density at radius 2 is 0.971 bits per heavy atom. The van der Waals surface area contributed by atoms with Crippen LogP contribution in [0.3, 0.4) is 0 Å². The van der Waals surface area contributed by atoms with Crippen LogP contribution in [-0.4, -0.2) is 192 Å². The molecule has 1 aliphatic heterocycles. The molecule has 1 aliphatic carbocycles. The molecule has 29 nitrogen and oxygen atoms in total. The van der Waals surface area contributed by atoms with Gasteiger partial charge in [-0.15, -0.1) is 0 Å². The molecule has 0 bridgehead atoms. The molecule has 68 heavy (non-hydrogen) atoms. The standard InChI is InChI=1S/C39H75N13O16/c40-9-1-5-18(41)13-23(54)49-10-2-6-19(42)14-24(55)50-11-3-7-20(43)15-25(56)51-12-4-8-21(44)16-26(57)65-34-33(67-38(47)62)31(61)30(60)32(35(34)68-39(48)63)66-36-29(59)27(52-37(45)46)28(58)22(17-53)64-36/h18-22,27-36,53,58-61H,1-17,40-44H2,(H2,47,62)(H2,48,63)(H,49,54)(H,50,55)(H,51,56)(H4,45,46,52). The van der Waals surface area contributed by atoms with E-state index in [2.05, 4.69) is 20.9 Å². The van der Waals surface area contributed by atoms with E-state index in [-0.39, 0.29) is 62.0 Å². The average molecular weight is 982 g/mol. The van der Waals surface area contributed by atoms with Gasteiger partial charge in [-0.3, -0.25) is 19.2 Å². The lowest BCUT2D eigenvalue weighted by Gasteiger charge is -2.48. The Morgan fingerprint density at radius 3 is 1.40 bits per heavy atom. The number of guanidine groups is 1. The van der Waals surface area contributed by atoms with Gasteiger partial charge in [-0.05, 0) is 57.9 Å². The minimum Gasteiger partial charge on any atom is -0.454 e. The zero-order chi connectivity index (χ0) is 51.1. The third-order valence-corrected chi connectivity index (χ3v) is 11.0. The molecule has 1 heterocycles. The minimum absolute atomic E-state index is 0.00421. The van der Waals surface area contributed by atoms with Crippen molar-refractivity contribution >= 4 is 41.8 Å². The molecule has 5 amide bonds. The highest BCUT2D eigenvalue weighted by molar-refractivity contribution is 5.77. The first kappa shape index (κ1) is 59.3. The Kier molecular flexibility index (Phi) is 26.7. The maximum Gasteiger partial charge on any atom is 0.405 e. The number of nitrogens with zero attached hydrogens (tertiary/aromatic N) is 1. The van der Waals surface area contributed by atoms with Crippen LogP contribution in [0, 0.1) is 0 Å². The fourth-order valence-electron chi connectivity index (χ4n) is 7.55. The van der Waals surface area contributed by atoms with Gasteiger partial charge < -0.3 is 117 Å². The minimum atomic E-state index is -2.17. The van der Waals surface area contributed by atoms with Crippen molar-refractivity contribution in [3.05, 3.63) is 0 Å². The van der Waals surface area contributed by atoms with Gasteiger partial charge >= 0.3 is 18.2 Å². The van der Waals surface area contributed by atoms with Crippen molar-refractivity contribution in [3.63, 3.8) is 0 Å². The summed E-state index contributed by atoms with van der Waals surface area (Å²) >= 11 is 0. The summed E-state index contributed by atoms with van der Waals surface area (Å²) in [6.45, 7) is 0.579. The van der Waals surface area contributed by atoms with Crippen LogP contribution in [0.25, 0.3) is 0 Å². The van der Waals surface area contributed by atoms with E-state index < -0.39 is 116 Å². The zero-order valence-corrected chi connectivity index (χ0v) is 38.1. The monoisotopic (exact) mass is 982 g/mol. The number of ether oxygens (including phenoxy) is 5. The summed E-state index contributed by atoms with van der Waals surface area (Å²) in [6, 6.07) is -3.59. The van der Waals surface area contributed by atoms with E-state index >= 15 is 0 Å². The number of aliphatic imine (C=N–C) groups is 1. The maximum absolute atomic E-state index is 13.2. The number of amides is 5. The van der Waals surface area contributed by atoms with E-state index in [4.69, 9.17) is 75.3 Å². The van der Waals surface area contributed by atoms with Gasteiger partial charge in [0.25, 0.3) is 0 Å². The average Bonchev–Trinajstić information content (AvgIpc) is 3.25. The van der Waals surface area contributed by atoms with Crippen LogP contribution in [0.4, 0.5) is 9.59 Å². The number of hydrogen-bond donors (Lipinski definition) is 17. The Morgan fingerprint density at radius 1 is 0.559 bits per heavy atom. The number of aliphatic hydroxyl groups is 5. The van der Waals surface area contributed by atoms with Crippen LogP contribution in [0.2, 0.25) is 0 Å². The fraction of sp³-hybridized carbons (Fsp3) is 0.821. The van der Waals surface area contributed by atoms with Crippen molar-refractivity contribution in [3.8, 4) is 0 Å². The Hall–Kier alpha value is -4.79. The summed E-state index contributed by atoms with van der Waals surface area (Å²) in [7, 11) is 0. The maximum atomic E-state index is 13.2. The predicted octanol–water partition coefficient (Wildman–Crippen LogP) is -7.67. The molecule has 15 unspecified atom stereocenters. The molecular weight excluding hydrogens is 907 g/mol. The van der Waals surface area contributed by atoms with Crippen molar-refractivity contribution < 1.29 is 78.0 Å². The van der Waals surface area contributed by atoms with E-state index in [0.29, 0.717) is 58.2 Å². The lowest BCUT2D eigenvalue weighted by atomic mass is 9.84. The second kappa shape index (κ2) is 30.6. The summed E-state index contributed by atoms with van der Waals surface area (Å²) in [4.78, 5) is 77.7. The Balaban J connectivity index is 1.83. The summed E-state index contributed by atoms with van der Waals surface area (Å²) in [5.74, 6) is -2.38. The summed E-state index contributed by atoms with van der Waals surface area (Å²) in [5, 5.41) is 61.7. The van der Waals surface area contributed by atoms with Crippen molar-refractivity contribution in [2.75, 3.05) is 32.8 Å². The van der Waals surface area contributed by atoms with Crippen LogP contribution >= 0.6 is 0 Å². The molecular formula is C39H75N13O16. The number of carbonyl (C=O) groups is 6. The topological polar surface area (TPSA) is 532 Å². The third-order valence-electron chi connectivity index (χ3n) is 11.0. The van der Waals surface area contributed by atoms with Crippen LogP contribution in [0.5, 0.6) is 0 Å². The second-order valence-electron chi connectivity index (χ2n) is 16.9. The Bertz CT molecular complexity index is 1620. The lowest BCUT2D eigenvalue weighted by molar-refractivity contribution is -0.324. The van der Waals surface area contributed by atoms with Gasteiger partial charge in [0.2, 0.25) is 17.7 Å². The number of rotatable bonds is 30. The summed E-state index contributed by atoms with van der Waals surface area (Å²) in [5.41, 5.74) is 51.0. The van der Waals surface area contributed by atoms with E-state index in [1.54, 1.807) is 0 Å². The first-order chi connectivity index (χ1) is 32.1. The van der Waals surface area contributed by atoms with Crippen LogP contribution in [-0.2, 0) is 42.9 Å². The molecule has 2 rings (SSSR count). The molecule has 2 aliphatic rings. The molecule has 0 aromatic carbocycles. The summed E-state index contributed by atoms with van der Waals surface area (Å²) in [6.07, 6.45) is -18.6. The van der Waals surface area contributed by atoms with Gasteiger partial charge in [-0.1, -0.05) is 0 Å². The molecule has 2 fully saturated rings. The van der Waals surface area contributed by atoms with Crippen LogP contribution < -0.4 is 67.6 Å². The largest absolute Gasteiger partial charge is 0.454 e. The van der Waals surface area contributed by atoms with E-state index in [1.165, 1.54) is 0 Å². The van der Waals surface area contributed by atoms with Crippen LogP contribution in [0.15, 0.2) is 4.99 Å². The molecule has 15 atom stereocenters. The molecule has 0 radical (unpaired) electrons. The molecule has 0 aromatic heterocycles. The lowest BCUT2D eigenvalue weighted by Crippen LogP contribution is -2.69. The number of hydrogen-bond acceptors (Lipinski definition) is 22. The van der Waals surface area contributed by atoms with Gasteiger partial charge in [0.15, 0.2) is 30.6 Å². The van der Waals surface area contributed by atoms with Crippen LogP contribution in [0.1, 0.15) is 77.0 Å². The van der Waals surface area contributed by atoms with Gasteiger partial charge in [0, 0.05) is 63.1 Å². The number of aliphatic hydroxyl groups excluding tert-OH is 5. The first-order valence-corrected chi connectivity index (χ1v) is 22.4. The molecule has 0 spiro atoms. The molecule has 26 N–H and O–H groups in total. The van der Waals surface area contributed by atoms with Gasteiger partial charge in [-0.25, -0.2) is 14.6 Å². The number of nitrogens with one attached hydrogen (secondary N) is 3. The fourth-order valence-corrected chi connectivity index (χ4v) is 7.55. The van der Waals surface area contributed by atoms with E-state index in [9.17, 15) is 54.3 Å². The van der Waals surface area contributed by atoms with Crippen molar-refractivity contribution in [1.29, 1.82) is 0 Å². The highest BCUT2D eigenvalue weighted by Gasteiger charge is 2.58. The normalized spacial score (nSPS) is 27.6. The van der Waals surface area contributed by atoms with Crippen molar-refractivity contribution in [2.24, 2.45) is 56.6 Å².